The second-order valence-electron chi connectivity index (χ2n) is 12.0. The van der Waals surface area contributed by atoms with E-state index >= 15 is 0 Å². The molecule has 0 aliphatic heterocycles. The van der Waals surface area contributed by atoms with Crippen LogP contribution >= 0.6 is 0 Å². The van der Waals surface area contributed by atoms with Gasteiger partial charge >= 0.3 is 0 Å². The molecular weight excluding hydrogens is 586 g/mol. The molecule has 0 unspecified atom stereocenters. The first kappa shape index (κ1) is 33.3. The van der Waals surface area contributed by atoms with E-state index in [1.165, 1.54) is 17.0 Å². The average molecular weight is 628 g/mol. The molecule has 2 amide bonds. The molecule has 1 atom stereocenters. The lowest BCUT2D eigenvalue weighted by molar-refractivity contribution is -0.140. The second kappa shape index (κ2) is 14.4. The van der Waals surface area contributed by atoms with Gasteiger partial charge in [0.25, 0.3) is 10.0 Å². The third-order valence-electron chi connectivity index (χ3n) is 7.19. The van der Waals surface area contributed by atoms with Crippen molar-refractivity contribution in [1.82, 2.24) is 10.2 Å². The van der Waals surface area contributed by atoms with Crippen molar-refractivity contribution in [2.45, 2.75) is 57.1 Å². The molecule has 236 valence electrons. The smallest absolute Gasteiger partial charge is 0.264 e. The molecule has 45 heavy (non-hydrogen) atoms. The first-order valence-electron chi connectivity index (χ1n) is 14.8. The Bertz CT molecular complexity index is 1690. The van der Waals surface area contributed by atoms with E-state index in [0.29, 0.717) is 11.4 Å². The van der Waals surface area contributed by atoms with Gasteiger partial charge in [-0.3, -0.25) is 13.9 Å². The Hall–Kier alpha value is -4.63. The number of hydrogen-bond donors (Lipinski definition) is 1. The quantitative estimate of drug-likeness (QED) is 0.216. The van der Waals surface area contributed by atoms with Gasteiger partial charge in [0.05, 0.1) is 17.7 Å². The Balaban J connectivity index is 1.82. The van der Waals surface area contributed by atoms with E-state index < -0.39 is 34.1 Å². The van der Waals surface area contributed by atoms with Crippen LogP contribution in [0.5, 0.6) is 5.75 Å². The first-order valence-corrected chi connectivity index (χ1v) is 16.2. The van der Waals surface area contributed by atoms with E-state index in [2.05, 4.69) is 5.32 Å². The van der Waals surface area contributed by atoms with Gasteiger partial charge in [-0.05, 0) is 75.2 Å². The Morgan fingerprint density at radius 2 is 1.42 bits per heavy atom. The molecule has 8 nitrogen and oxygen atoms in total. The molecule has 0 fully saturated rings. The number of nitrogens with one attached hydrogen (secondary N) is 1. The number of amides is 2. The summed E-state index contributed by atoms with van der Waals surface area (Å²) in [6.45, 7) is 7.08. The zero-order valence-electron chi connectivity index (χ0n) is 26.4. The minimum atomic E-state index is -4.15. The fraction of sp³-hybridized carbons (Fsp3) is 0.278. The number of aryl methyl sites for hydroxylation is 1. The number of carbonyl (C=O) groups excluding carboxylic acids is 2. The Kier molecular flexibility index (Phi) is 10.7. The fourth-order valence-corrected chi connectivity index (χ4v) is 6.37. The molecule has 4 aromatic carbocycles. The van der Waals surface area contributed by atoms with Gasteiger partial charge < -0.3 is 15.0 Å². The van der Waals surface area contributed by atoms with Gasteiger partial charge in [-0.15, -0.1) is 0 Å². The topological polar surface area (TPSA) is 96.0 Å². The lowest BCUT2D eigenvalue weighted by Crippen LogP contribution is -2.56. The van der Waals surface area contributed by atoms with Gasteiger partial charge in [-0.2, -0.15) is 0 Å². The van der Waals surface area contributed by atoms with Gasteiger partial charge in [0, 0.05) is 18.5 Å². The number of sulfonamides is 1. The van der Waals surface area contributed by atoms with Gasteiger partial charge in [-0.25, -0.2) is 8.42 Å². The Morgan fingerprint density at radius 1 is 0.822 bits per heavy atom. The van der Waals surface area contributed by atoms with Gasteiger partial charge in [0.1, 0.15) is 18.3 Å². The molecule has 0 aliphatic carbocycles. The van der Waals surface area contributed by atoms with Crippen molar-refractivity contribution >= 4 is 27.5 Å². The standard InChI is InChI=1S/C36H41N3O5S/c1-27-19-21-30(22-20-27)39(45(42,43)32-17-10-7-11-18-32)26-34(40)38(25-29-15-12-16-31(23-29)44-5)33(35(41)37-36(2,3)4)24-28-13-8-6-9-14-28/h6-23,33H,24-26H2,1-5H3,(H,37,41)/t33-/m0/s1. The SMILES string of the molecule is COc1cccc(CN(C(=O)CN(c2ccc(C)cc2)S(=O)(=O)c2ccccc2)[C@@H](Cc2ccccc2)C(=O)NC(C)(C)C)c1. The summed E-state index contributed by atoms with van der Waals surface area (Å²) in [4.78, 5) is 30.0. The largest absolute Gasteiger partial charge is 0.497 e. The van der Waals surface area contributed by atoms with Crippen molar-refractivity contribution in [3.63, 3.8) is 0 Å². The predicted octanol–water partition coefficient (Wildman–Crippen LogP) is 5.75. The van der Waals surface area contributed by atoms with E-state index in [4.69, 9.17) is 4.74 Å². The van der Waals surface area contributed by atoms with Crippen molar-refractivity contribution in [1.29, 1.82) is 0 Å². The fourth-order valence-electron chi connectivity index (χ4n) is 4.93. The van der Waals surface area contributed by atoms with E-state index in [1.54, 1.807) is 61.7 Å². The van der Waals surface area contributed by atoms with E-state index in [9.17, 15) is 18.0 Å². The van der Waals surface area contributed by atoms with Gasteiger partial charge in [0.15, 0.2) is 0 Å². The van der Waals surface area contributed by atoms with Crippen LogP contribution in [0.2, 0.25) is 0 Å². The average Bonchev–Trinajstić information content (AvgIpc) is 3.02. The van der Waals surface area contributed by atoms with Crippen molar-refractivity contribution in [2.75, 3.05) is 18.0 Å². The monoisotopic (exact) mass is 627 g/mol. The molecule has 0 radical (unpaired) electrons. The molecule has 0 saturated heterocycles. The molecule has 0 heterocycles. The minimum Gasteiger partial charge on any atom is -0.497 e. The van der Waals surface area contributed by atoms with Crippen LogP contribution in [-0.2, 0) is 32.6 Å². The van der Waals surface area contributed by atoms with Crippen LogP contribution in [-0.4, -0.2) is 50.4 Å². The number of methoxy groups -OCH3 is 1. The molecule has 4 aromatic rings. The summed E-state index contributed by atoms with van der Waals surface area (Å²) in [5.74, 6) is -0.259. The summed E-state index contributed by atoms with van der Waals surface area (Å²) in [5.41, 5.74) is 2.32. The number of benzene rings is 4. The maximum absolute atomic E-state index is 14.5. The van der Waals surface area contributed by atoms with Crippen LogP contribution < -0.4 is 14.4 Å². The molecule has 1 N–H and O–H groups in total. The highest BCUT2D eigenvalue weighted by atomic mass is 32.2. The number of anilines is 1. The van der Waals surface area contributed by atoms with E-state index in [-0.39, 0.29) is 23.8 Å². The third kappa shape index (κ3) is 8.95. The zero-order chi connectivity index (χ0) is 32.6. The van der Waals surface area contributed by atoms with Gasteiger partial charge in [0.2, 0.25) is 11.8 Å². The Morgan fingerprint density at radius 3 is 2.02 bits per heavy atom. The minimum absolute atomic E-state index is 0.0538. The third-order valence-corrected chi connectivity index (χ3v) is 8.98. The van der Waals surface area contributed by atoms with E-state index in [0.717, 1.165) is 21.0 Å². The second-order valence-corrected chi connectivity index (χ2v) is 13.8. The van der Waals surface area contributed by atoms with Crippen molar-refractivity contribution in [2.24, 2.45) is 0 Å². The van der Waals surface area contributed by atoms with Crippen LogP contribution in [0.15, 0.2) is 114 Å². The predicted molar refractivity (Wildman–Crippen MR) is 178 cm³/mol. The number of ether oxygens (including phenoxy) is 1. The molecule has 0 aliphatic rings. The first-order chi connectivity index (χ1) is 21.4. The summed E-state index contributed by atoms with van der Waals surface area (Å²) in [6.07, 6.45) is 0.231. The summed E-state index contributed by atoms with van der Waals surface area (Å²) in [5, 5.41) is 3.04. The molecular formula is C36H41N3O5S. The summed E-state index contributed by atoms with van der Waals surface area (Å²) >= 11 is 0. The molecule has 0 aromatic heterocycles. The highest BCUT2D eigenvalue weighted by molar-refractivity contribution is 7.92. The highest BCUT2D eigenvalue weighted by Crippen LogP contribution is 2.26. The highest BCUT2D eigenvalue weighted by Gasteiger charge is 2.35. The molecule has 0 spiro atoms. The zero-order valence-corrected chi connectivity index (χ0v) is 27.3. The van der Waals surface area contributed by atoms with Crippen LogP contribution in [0.4, 0.5) is 5.69 Å². The number of rotatable bonds is 12. The maximum atomic E-state index is 14.5. The summed E-state index contributed by atoms with van der Waals surface area (Å²) < 4.78 is 34.7. The summed E-state index contributed by atoms with van der Waals surface area (Å²) in [7, 11) is -2.59. The van der Waals surface area contributed by atoms with Crippen molar-refractivity contribution < 1.29 is 22.7 Å². The lowest BCUT2D eigenvalue weighted by atomic mass is 10.0. The number of hydrogen-bond acceptors (Lipinski definition) is 5. The van der Waals surface area contributed by atoms with Gasteiger partial charge in [-0.1, -0.05) is 78.4 Å². The molecule has 9 heteroatoms. The van der Waals surface area contributed by atoms with Crippen LogP contribution in [0, 0.1) is 6.92 Å². The van der Waals surface area contributed by atoms with Crippen molar-refractivity contribution in [3.05, 3.63) is 126 Å². The Labute approximate surface area is 266 Å². The number of carbonyl (C=O) groups is 2. The van der Waals surface area contributed by atoms with Crippen LogP contribution in [0.25, 0.3) is 0 Å². The summed E-state index contributed by atoms with van der Waals surface area (Å²) in [6, 6.07) is 30.8. The van der Waals surface area contributed by atoms with E-state index in [1.807, 2.05) is 70.2 Å². The molecule has 0 saturated carbocycles. The lowest BCUT2D eigenvalue weighted by Gasteiger charge is -2.35. The molecule has 0 bridgehead atoms. The normalized spacial score (nSPS) is 12.2. The van der Waals surface area contributed by atoms with Crippen molar-refractivity contribution in [3.8, 4) is 5.75 Å². The number of nitrogens with zero attached hydrogens (tertiary/aromatic N) is 2. The molecule has 4 rings (SSSR count). The van der Waals surface area contributed by atoms with Crippen LogP contribution in [0.1, 0.15) is 37.5 Å². The maximum Gasteiger partial charge on any atom is 0.264 e. The van der Waals surface area contributed by atoms with Crippen LogP contribution in [0.3, 0.4) is 0 Å².